The third kappa shape index (κ3) is 1.72. The van der Waals surface area contributed by atoms with Crippen LogP contribution in [0.25, 0.3) is 0 Å². The zero-order valence-corrected chi connectivity index (χ0v) is 9.79. The summed E-state index contributed by atoms with van der Waals surface area (Å²) in [4.78, 5) is 11.9. The molecule has 3 nitrogen and oxygen atoms in total. The number of hydrogen-bond donors (Lipinski definition) is 0. The summed E-state index contributed by atoms with van der Waals surface area (Å²) in [6, 6.07) is 0. The molecule has 2 bridgehead atoms. The quantitative estimate of drug-likeness (QED) is 0.717. The normalized spacial score (nSPS) is 44.3. The molecule has 0 N–H and O–H groups in total. The second-order valence-electron chi connectivity index (χ2n) is 4.91. The van der Waals surface area contributed by atoms with Crippen LogP contribution in [0.5, 0.6) is 0 Å². The van der Waals surface area contributed by atoms with E-state index in [1.165, 1.54) is 0 Å². The highest BCUT2D eigenvalue weighted by Crippen LogP contribution is 2.45. The van der Waals surface area contributed by atoms with Gasteiger partial charge in [-0.1, -0.05) is 13.8 Å². The van der Waals surface area contributed by atoms with E-state index in [0.717, 1.165) is 6.42 Å². The second-order valence-corrected chi connectivity index (χ2v) is 4.91. The highest BCUT2D eigenvalue weighted by Gasteiger charge is 2.53. The summed E-state index contributed by atoms with van der Waals surface area (Å²) < 4.78 is 11.4. The smallest absolute Gasteiger partial charge is 0.168 e. The minimum absolute atomic E-state index is 0.0653. The largest absolute Gasteiger partial charge is 0.350 e. The molecular weight excluding hydrogens is 192 g/mol. The van der Waals surface area contributed by atoms with E-state index in [4.69, 9.17) is 9.47 Å². The highest BCUT2D eigenvalue weighted by atomic mass is 16.7. The first-order chi connectivity index (χ1) is 7.08. The summed E-state index contributed by atoms with van der Waals surface area (Å²) in [6.07, 6.45) is 1.60. The van der Waals surface area contributed by atoms with E-state index >= 15 is 0 Å². The number of ether oxygens (including phenoxy) is 2. The van der Waals surface area contributed by atoms with Crippen LogP contribution >= 0.6 is 0 Å². The van der Waals surface area contributed by atoms with Crippen LogP contribution in [-0.4, -0.2) is 24.8 Å². The molecule has 0 saturated carbocycles. The molecule has 0 radical (unpaired) electrons. The minimum Gasteiger partial charge on any atom is -0.350 e. The Morgan fingerprint density at radius 2 is 2.07 bits per heavy atom. The number of carbonyl (C=O) groups is 1. The SMILES string of the molecule is CCCC(=O)[C@H]1CO[C@]2(C)OC[C@H]1[C@H]2C. The van der Waals surface area contributed by atoms with Gasteiger partial charge in [0, 0.05) is 24.2 Å². The van der Waals surface area contributed by atoms with Crippen LogP contribution in [-0.2, 0) is 14.3 Å². The molecule has 2 saturated heterocycles. The Hall–Kier alpha value is -0.410. The van der Waals surface area contributed by atoms with Crippen LogP contribution in [0, 0.1) is 17.8 Å². The molecule has 3 heteroatoms. The average molecular weight is 212 g/mol. The van der Waals surface area contributed by atoms with Crippen molar-refractivity contribution in [2.24, 2.45) is 17.8 Å². The lowest BCUT2D eigenvalue weighted by Crippen LogP contribution is -2.45. The van der Waals surface area contributed by atoms with Crippen molar-refractivity contribution < 1.29 is 14.3 Å². The molecule has 0 aromatic carbocycles. The predicted octanol–water partition coefficient (Wildman–Crippen LogP) is 2.00. The number of fused-ring (bicyclic) bond motifs is 2. The molecule has 0 aromatic heterocycles. The fraction of sp³-hybridized carbons (Fsp3) is 0.917. The number of carbonyl (C=O) groups excluding carboxylic acids is 1. The van der Waals surface area contributed by atoms with E-state index < -0.39 is 5.79 Å². The predicted molar refractivity (Wildman–Crippen MR) is 56.4 cm³/mol. The van der Waals surface area contributed by atoms with Crippen molar-refractivity contribution >= 4 is 5.78 Å². The molecule has 2 fully saturated rings. The maximum absolute atomic E-state index is 11.9. The first kappa shape index (κ1) is 11.1. The lowest BCUT2D eigenvalue weighted by molar-refractivity contribution is -0.231. The zero-order chi connectivity index (χ0) is 11.1. The topological polar surface area (TPSA) is 35.5 Å². The molecular formula is C12H20O3. The molecule has 0 spiro atoms. The van der Waals surface area contributed by atoms with E-state index in [-0.39, 0.29) is 5.92 Å². The molecule has 0 unspecified atom stereocenters. The van der Waals surface area contributed by atoms with Crippen LogP contribution in [0.4, 0.5) is 0 Å². The van der Waals surface area contributed by atoms with Gasteiger partial charge in [-0.05, 0) is 13.3 Å². The molecule has 86 valence electrons. The number of rotatable bonds is 3. The summed E-state index contributed by atoms with van der Waals surface area (Å²) in [6.45, 7) is 7.38. The minimum atomic E-state index is -0.437. The zero-order valence-electron chi connectivity index (χ0n) is 9.79. The van der Waals surface area contributed by atoms with E-state index in [9.17, 15) is 4.79 Å². The summed E-state index contributed by atoms with van der Waals surface area (Å²) in [5.41, 5.74) is 0. The van der Waals surface area contributed by atoms with Crippen molar-refractivity contribution in [1.29, 1.82) is 0 Å². The Labute approximate surface area is 91.1 Å². The van der Waals surface area contributed by atoms with E-state index in [0.29, 0.717) is 37.3 Å². The number of ketones is 1. The lowest BCUT2D eigenvalue weighted by atomic mass is 9.76. The molecule has 15 heavy (non-hydrogen) atoms. The molecule has 0 amide bonds. The second kappa shape index (κ2) is 3.87. The molecule has 2 heterocycles. The maximum Gasteiger partial charge on any atom is 0.168 e. The average Bonchev–Trinajstić information content (AvgIpc) is 2.40. The van der Waals surface area contributed by atoms with Crippen molar-refractivity contribution in [2.75, 3.05) is 13.2 Å². The summed E-state index contributed by atoms with van der Waals surface area (Å²) in [5.74, 6) is 0.672. The van der Waals surface area contributed by atoms with Gasteiger partial charge >= 0.3 is 0 Å². The molecule has 0 aromatic rings. The van der Waals surface area contributed by atoms with Crippen molar-refractivity contribution in [3.63, 3.8) is 0 Å². The molecule has 2 rings (SSSR count). The fourth-order valence-electron chi connectivity index (χ4n) is 2.71. The monoisotopic (exact) mass is 212 g/mol. The van der Waals surface area contributed by atoms with Gasteiger partial charge in [0.1, 0.15) is 5.78 Å². The van der Waals surface area contributed by atoms with E-state index in [1.807, 2.05) is 13.8 Å². The first-order valence-corrected chi connectivity index (χ1v) is 5.89. The Bertz CT molecular complexity index is 264. The highest BCUT2D eigenvalue weighted by molar-refractivity contribution is 5.81. The van der Waals surface area contributed by atoms with Gasteiger partial charge in [0.2, 0.25) is 0 Å². The van der Waals surface area contributed by atoms with E-state index in [2.05, 4.69) is 6.92 Å². The third-order valence-corrected chi connectivity index (χ3v) is 4.01. The standard InChI is InChI=1S/C12H20O3/c1-4-5-11(13)10-7-15-12(3)8(2)9(10)6-14-12/h8-10H,4-7H2,1-3H3/t8-,9+,10+,12+/m1/s1. The third-order valence-electron chi connectivity index (χ3n) is 4.01. The van der Waals surface area contributed by atoms with Crippen molar-refractivity contribution in [3.8, 4) is 0 Å². The molecule has 2 aliphatic rings. The van der Waals surface area contributed by atoms with Gasteiger partial charge in [-0.3, -0.25) is 4.79 Å². The van der Waals surface area contributed by atoms with Crippen molar-refractivity contribution in [1.82, 2.24) is 0 Å². The van der Waals surface area contributed by atoms with Gasteiger partial charge in [0.05, 0.1) is 13.2 Å². The Morgan fingerprint density at radius 3 is 2.73 bits per heavy atom. The van der Waals surface area contributed by atoms with Crippen LogP contribution in [0.15, 0.2) is 0 Å². The van der Waals surface area contributed by atoms with Crippen LogP contribution in [0.3, 0.4) is 0 Å². The fourth-order valence-corrected chi connectivity index (χ4v) is 2.71. The Morgan fingerprint density at radius 1 is 1.40 bits per heavy atom. The number of hydrogen-bond acceptors (Lipinski definition) is 3. The summed E-state index contributed by atoms with van der Waals surface area (Å²) in [5, 5.41) is 0. The van der Waals surface area contributed by atoms with Crippen LogP contribution in [0.1, 0.15) is 33.6 Å². The van der Waals surface area contributed by atoms with Gasteiger partial charge in [-0.15, -0.1) is 0 Å². The van der Waals surface area contributed by atoms with Gasteiger partial charge in [0.15, 0.2) is 5.79 Å². The summed E-state index contributed by atoms with van der Waals surface area (Å²) >= 11 is 0. The van der Waals surface area contributed by atoms with Crippen molar-refractivity contribution in [3.05, 3.63) is 0 Å². The van der Waals surface area contributed by atoms with Gasteiger partial charge in [0.25, 0.3) is 0 Å². The van der Waals surface area contributed by atoms with E-state index in [1.54, 1.807) is 0 Å². The molecule has 0 aliphatic carbocycles. The number of Topliss-reactive ketones (excluding diaryl/α,β-unsaturated/α-hetero) is 1. The lowest BCUT2D eigenvalue weighted by Gasteiger charge is -2.38. The van der Waals surface area contributed by atoms with Gasteiger partial charge < -0.3 is 9.47 Å². The summed E-state index contributed by atoms with van der Waals surface area (Å²) in [7, 11) is 0. The Balaban J connectivity index is 2.09. The van der Waals surface area contributed by atoms with Crippen LogP contribution < -0.4 is 0 Å². The molecule has 2 aliphatic heterocycles. The Kier molecular flexibility index (Phi) is 2.86. The first-order valence-electron chi connectivity index (χ1n) is 5.89. The van der Waals surface area contributed by atoms with Gasteiger partial charge in [-0.25, -0.2) is 0 Å². The molecule has 4 atom stereocenters. The maximum atomic E-state index is 11.9. The van der Waals surface area contributed by atoms with Crippen LogP contribution in [0.2, 0.25) is 0 Å². The van der Waals surface area contributed by atoms with Crippen molar-refractivity contribution in [2.45, 2.75) is 39.4 Å². The van der Waals surface area contributed by atoms with Gasteiger partial charge in [-0.2, -0.15) is 0 Å².